The normalized spacial score (nSPS) is 12.8. The molecule has 4 N–H and O–H groups in total. The fourth-order valence-electron chi connectivity index (χ4n) is 1.33. The molecule has 0 aliphatic rings. The van der Waals surface area contributed by atoms with Crippen molar-refractivity contribution in [1.29, 1.82) is 0 Å². The van der Waals surface area contributed by atoms with Crippen LogP contribution in [0.3, 0.4) is 0 Å². The van der Waals surface area contributed by atoms with E-state index in [-0.39, 0.29) is 5.91 Å². The maximum Gasteiger partial charge on any atom is 0.236 e. The van der Waals surface area contributed by atoms with Crippen molar-refractivity contribution >= 4 is 5.91 Å². The number of aromatic amines is 1. The Morgan fingerprint density at radius 2 is 2.31 bits per heavy atom. The Hall–Kier alpha value is -1.50. The molecule has 1 aromatic heterocycles. The summed E-state index contributed by atoms with van der Waals surface area (Å²) in [6, 6.07) is -0.437. The number of nitrogens with zero attached hydrogens (tertiary/aromatic N) is 3. The van der Waals surface area contributed by atoms with E-state index < -0.39 is 6.04 Å². The molecular formula is C9H18N6O. The highest BCUT2D eigenvalue weighted by Crippen LogP contribution is 2.02. The number of hydrogen-bond donors (Lipinski definition) is 3. The van der Waals surface area contributed by atoms with E-state index in [1.165, 1.54) is 0 Å². The molecule has 1 aromatic rings. The van der Waals surface area contributed by atoms with E-state index in [0.29, 0.717) is 31.1 Å². The van der Waals surface area contributed by atoms with E-state index in [2.05, 4.69) is 25.9 Å². The van der Waals surface area contributed by atoms with Gasteiger partial charge in [0.05, 0.1) is 6.04 Å². The number of carbonyl (C=O) groups excluding carboxylic acids is 1. The molecule has 0 bridgehead atoms. The molecule has 0 fully saturated rings. The number of amides is 1. The van der Waals surface area contributed by atoms with Gasteiger partial charge >= 0.3 is 0 Å². The smallest absolute Gasteiger partial charge is 0.236 e. The number of rotatable bonds is 6. The molecule has 0 unspecified atom stereocenters. The lowest BCUT2D eigenvalue weighted by Crippen LogP contribution is -2.42. The van der Waals surface area contributed by atoms with Crippen molar-refractivity contribution in [3.05, 3.63) is 5.82 Å². The number of hydrogen-bond acceptors (Lipinski definition) is 5. The second-order valence-electron chi connectivity index (χ2n) is 4.13. The topological polar surface area (TPSA) is 110 Å². The number of nitrogens with one attached hydrogen (secondary N) is 2. The molecule has 90 valence electrons. The maximum absolute atomic E-state index is 11.5. The first-order valence-corrected chi connectivity index (χ1v) is 5.35. The summed E-state index contributed by atoms with van der Waals surface area (Å²) in [6.07, 6.45) is 1.27. The zero-order valence-electron chi connectivity index (χ0n) is 9.60. The summed E-state index contributed by atoms with van der Waals surface area (Å²) in [5.74, 6) is 0.943. The van der Waals surface area contributed by atoms with Gasteiger partial charge in [0.2, 0.25) is 5.91 Å². The van der Waals surface area contributed by atoms with Crippen LogP contribution in [0.2, 0.25) is 0 Å². The van der Waals surface area contributed by atoms with Gasteiger partial charge in [-0.3, -0.25) is 4.79 Å². The molecule has 0 radical (unpaired) electrons. The first-order valence-electron chi connectivity index (χ1n) is 5.35. The average Bonchev–Trinajstić information content (AvgIpc) is 2.69. The molecule has 0 aliphatic carbocycles. The van der Waals surface area contributed by atoms with E-state index in [1.807, 2.05) is 13.8 Å². The van der Waals surface area contributed by atoms with Gasteiger partial charge in [-0.25, -0.2) is 5.10 Å². The van der Waals surface area contributed by atoms with Crippen molar-refractivity contribution in [2.75, 3.05) is 6.54 Å². The third kappa shape index (κ3) is 4.35. The summed E-state index contributed by atoms with van der Waals surface area (Å²) >= 11 is 0. The lowest BCUT2D eigenvalue weighted by atomic mass is 10.0. The van der Waals surface area contributed by atoms with Crippen molar-refractivity contribution < 1.29 is 4.79 Å². The minimum atomic E-state index is -0.437. The Balaban J connectivity index is 2.19. The molecule has 0 saturated heterocycles. The second-order valence-corrected chi connectivity index (χ2v) is 4.13. The van der Waals surface area contributed by atoms with Gasteiger partial charge in [-0.05, 0) is 22.8 Å². The maximum atomic E-state index is 11.5. The van der Waals surface area contributed by atoms with E-state index in [9.17, 15) is 4.79 Å². The van der Waals surface area contributed by atoms with Crippen LogP contribution in [-0.4, -0.2) is 39.1 Å². The van der Waals surface area contributed by atoms with Gasteiger partial charge in [0.1, 0.15) is 5.82 Å². The molecule has 1 rings (SSSR count). The molecule has 1 amide bonds. The lowest BCUT2D eigenvalue weighted by molar-refractivity contribution is -0.122. The van der Waals surface area contributed by atoms with Crippen molar-refractivity contribution in [1.82, 2.24) is 25.9 Å². The Morgan fingerprint density at radius 3 is 2.88 bits per heavy atom. The summed E-state index contributed by atoms with van der Waals surface area (Å²) in [7, 11) is 0. The van der Waals surface area contributed by atoms with E-state index in [0.717, 1.165) is 0 Å². The minimum Gasteiger partial charge on any atom is -0.354 e. The molecule has 0 spiro atoms. The SMILES string of the molecule is CC(C)C[C@H](N)C(=O)NCCc1nnn[nH]1. The number of carbonyl (C=O) groups is 1. The number of tetrazole rings is 1. The van der Waals surface area contributed by atoms with Crippen molar-refractivity contribution in [2.24, 2.45) is 11.7 Å². The fraction of sp³-hybridized carbons (Fsp3) is 0.778. The molecule has 7 nitrogen and oxygen atoms in total. The monoisotopic (exact) mass is 226 g/mol. The minimum absolute atomic E-state index is 0.124. The number of H-pyrrole nitrogens is 1. The zero-order chi connectivity index (χ0) is 12.0. The molecule has 0 aromatic carbocycles. The van der Waals surface area contributed by atoms with Gasteiger partial charge in [-0.1, -0.05) is 13.8 Å². The molecular weight excluding hydrogens is 208 g/mol. The van der Waals surface area contributed by atoms with Crippen LogP contribution in [0.15, 0.2) is 0 Å². The highest BCUT2D eigenvalue weighted by atomic mass is 16.2. The fourth-order valence-corrected chi connectivity index (χ4v) is 1.33. The van der Waals surface area contributed by atoms with Crippen LogP contribution in [0.1, 0.15) is 26.1 Å². The molecule has 0 saturated carbocycles. The Morgan fingerprint density at radius 1 is 1.56 bits per heavy atom. The third-order valence-electron chi connectivity index (χ3n) is 2.11. The first-order chi connectivity index (χ1) is 7.59. The second kappa shape index (κ2) is 6.16. The molecule has 0 aliphatic heterocycles. The average molecular weight is 226 g/mol. The van der Waals surface area contributed by atoms with E-state index >= 15 is 0 Å². The Bertz CT molecular complexity index is 310. The first kappa shape index (κ1) is 12.6. The van der Waals surface area contributed by atoms with Crippen LogP contribution in [0.25, 0.3) is 0 Å². The molecule has 7 heteroatoms. The highest BCUT2D eigenvalue weighted by Gasteiger charge is 2.14. The van der Waals surface area contributed by atoms with Crippen molar-refractivity contribution in [2.45, 2.75) is 32.7 Å². The largest absolute Gasteiger partial charge is 0.354 e. The van der Waals surface area contributed by atoms with Crippen LogP contribution < -0.4 is 11.1 Å². The summed E-state index contributed by atoms with van der Waals surface area (Å²) in [4.78, 5) is 11.5. The summed E-state index contributed by atoms with van der Waals surface area (Å²) in [5.41, 5.74) is 5.72. The van der Waals surface area contributed by atoms with Crippen molar-refractivity contribution in [3.63, 3.8) is 0 Å². The summed E-state index contributed by atoms with van der Waals surface area (Å²) in [5, 5.41) is 15.9. The third-order valence-corrected chi connectivity index (χ3v) is 2.11. The van der Waals surface area contributed by atoms with Gasteiger partial charge in [0, 0.05) is 13.0 Å². The molecule has 1 atom stereocenters. The Kier molecular flexibility index (Phi) is 4.84. The van der Waals surface area contributed by atoms with Gasteiger partial charge in [-0.15, -0.1) is 5.10 Å². The van der Waals surface area contributed by atoms with Crippen LogP contribution in [0.5, 0.6) is 0 Å². The van der Waals surface area contributed by atoms with E-state index in [1.54, 1.807) is 0 Å². The molecule has 16 heavy (non-hydrogen) atoms. The van der Waals surface area contributed by atoms with Crippen LogP contribution >= 0.6 is 0 Å². The molecule has 1 heterocycles. The summed E-state index contributed by atoms with van der Waals surface area (Å²) < 4.78 is 0. The predicted molar refractivity (Wildman–Crippen MR) is 58.3 cm³/mol. The van der Waals surface area contributed by atoms with Gasteiger partial charge in [0.25, 0.3) is 0 Å². The standard InChI is InChI=1S/C9H18N6O/c1-6(2)5-7(10)9(16)11-4-3-8-12-14-15-13-8/h6-7H,3-5,10H2,1-2H3,(H,11,16)(H,12,13,14,15)/t7-/m0/s1. The van der Waals surface area contributed by atoms with E-state index in [4.69, 9.17) is 5.73 Å². The lowest BCUT2D eigenvalue weighted by Gasteiger charge is -2.13. The number of aromatic nitrogens is 4. The zero-order valence-corrected chi connectivity index (χ0v) is 9.60. The summed E-state index contributed by atoms with van der Waals surface area (Å²) in [6.45, 7) is 4.56. The van der Waals surface area contributed by atoms with Gasteiger partial charge < -0.3 is 11.1 Å². The van der Waals surface area contributed by atoms with Crippen LogP contribution in [0, 0.1) is 5.92 Å². The van der Waals surface area contributed by atoms with Crippen molar-refractivity contribution in [3.8, 4) is 0 Å². The van der Waals surface area contributed by atoms with Crippen LogP contribution in [0.4, 0.5) is 0 Å². The quantitative estimate of drug-likeness (QED) is 0.590. The number of nitrogens with two attached hydrogens (primary N) is 1. The van der Waals surface area contributed by atoms with Gasteiger partial charge in [0.15, 0.2) is 0 Å². The Labute approximate surface area is 94.2 Å². The highest BCUT2D eigenvalue weighted by molar-refractivity contribution is 5.81. The predicted octanol–water partition coefficient (Wildman–Crippen LogP) is -0.768. The van der Waals surface area contributed by atoms with Crippen LogP contribution in [-0.2, 0) is 11.2 Å². The van der Waals surface area contributed by atoms with Gasteiger partial charge in [-0.2, -0.15) is 0 Å².